The summed E-state index contributed by atoms with van der Waals surface area (Å²) in [7, 11) is 4.97. The Morgan fingerprint density at radius 3 is 1.50 bits per heavy atom. The van der Waals surface area contributed by atoms with Crippen LogP contribution in [0.25, 0.3) is 0 Å². The number of hydrogen-bond acceptors (Lipinski definition) is 3. The molecule has 0 rings (SSSR count). The van der Waals surface area contributed by atoms with Crippen LogP contribution < -0.4 is 0 Å². The molecule has 0 aliphatic rings. The summed E-state index contributed by atoms with van der Waals surface area (Å²) in [6.07, 6.45) is 1.82. The van der Waals surface area contributed by atoms with Gasteiger partial charge in [0.15, 0.2) is 0 Å². The van der Waals surface area contributed by atoms with Gasteiger partial charge in [0.25, 0.3) is 0 Å². The van der Waals surface area contributed by atoms with E-state index in [0.29, 0.717) is 19.8 Å². The summed E-state index contributed by atoms with van der Waals surface area (Å²) in [6, 6.07) is 0. The Hall–Kier alpha value is -0.380. The first-order chi connectivity index (χ1) is 5.74. The van der Waals surface area contributed by atoms with Crippen molar-refractivity contribution in [1.82, 2.24) is 0 Å². The number of rotatable bonds is 7. The first kappa shape index (κ1) is 11.6. The monoisotopic (exact) mass is 174 g/mol. The largest absolute Gasteiger partial charge is 0.384 e. The molecule has 0 saturated heterocycles. The summed E-state index contributed by atoms with van der Waals surface area (Å²) < 4.78 is 15.2. The van der Waals surface area contributed by atoms with Gasteiger partial charge in [0.2, 0.25) is 0 Å². The van der Waals surface area contributed by atoms with Gasteiger partial charge < -0.3 is 14.2 Å². The van der Waals surface area contributed by atoms with Gasteiger partial charge in [-0.2, -0.15) is 0 Å². The van der Waals surface area contributed by atoms with E-state index in [1.165, 1.54) is 0 Å². The van der Waals surface area contributed by atoms with Gasteiger partial charge in [-0.1, -0.05) is 6.08 Å². The zero-order valence-electron chi connectivity index (χ0n) is 8.13. The van der Waals surface area contributed by atoms with Crippen LogP contribution in [0.5, 0.6) is 0 Å². The molecule has 0 amide bonds. The normalized spacial score (nSPS) is 11.6. The smallest absolute Gasteiger partial charge is 0.0597 e. The first-order valence-corrected chi connectivity index (χ1v) is 3.85. The molecule has 0 aliphatic carbocycles. The molecule has 0 aliphatic heterocycles. The molecular weight excluding hydrogens is 156 g/mol. The number of ether oxygens (including phenoxy) is 3. The molecule has 0 saturated carbocycles. The van der Waals surface area contributed by atoms with Crippen LogP contribution in [0.4, 0.5) is 0 Å². The Kier molecular flexibility index (Phi) is 5.98. The highest BCUT2D eigenvalue weighted by molar-refractivity contribution is 4.95. The summed E-state index contributed by atoms with van der Waals surface area (Å²) in [5, 5.41) is 0. The van der Waals surface area contributed by atoms with Crippen LogP contribution in [0.2, 0.25) is 0 Å². The van der Waals surface area contributed by atoms with Crippen molar-refractivity contribution in [3.63, 3.8) is 0 Å². The zero-order chi connectivity index (χ0) is 9.45. The van der Waals surface area contributed by atoms with E-state index in [4.69, 9.17) is 14.2 Å². The van der Waals surface area contributed by atoms with Crippen molar-refractivity contribution in [3.05, 3.63) is 12.7 Å². The summed E-state index contributed by atoms with van der Waals surface area (Å²) in [5.74, 6) is 0. The molecule has 0 unspecified atom stereocenters. The summed E-state index contributed by atoms with van der Waals surface area (Å²) in [4.78, 5) is 0. The van der Waals surface area contributed by atoms with Crippen LogP contribution in [-0.4, -0.2) is 41.2 Å². The molecular formula is C9H18O3. The quantitative estimate of drug-likeness (QED) is 0.541. The van der Waals surface area contributed by atoms with E-state index < -0.39 is 0 Å². The second kappa shape index (κ2) is 6.17. The highest BCUT2D eigenvalue weighted by Crippen LogP contribution is 2.19. The molecule has 72 valence electrons. The Morgan fingerprint density at radius 2 is 1.33 bits per heavy atom. The molecule has 0 bridgehead atoms. The van der Waals surface area contributed by atoms with Crippen LogP contribution in [0, 0.1) is 5.41 Å². The Morgan fingerprint density at radius 1 is 1.00 bits per heavy atom. The third-order valence-corrected chi connectivity index (χ3v) is 1.73. The summed E-state index contributed by atoms with van der Waals surface area (Å²) >= 11 is 0. The average molecular weight is 174 g/mol. The maximum Gasteiger partial charge on any atom is 0.0597 e. The molecule has 3 heteroatoms. The minimum absolute atomic E-state index is 0.210. The minimum Gasteiger partial charge on any atom is -0.384 e. The van der Waals surface area contributed by atoms with Gasteiger partial charge in [0.05, 0.1) is 25.2 Å². The van der Waals surface area contributed by atoms with E-state index >= 15 is 0 Å². The van der Waals surface area contributed by atoms with Crippen LogP contribution >= 0.6 is 0 Å². The molecule has 3 nitrogen and oxygen atoms in total. The lowest BCUT2D eigenvalue weighted by Crippen LogP contribution is -2.34. The van der Waals surface area contributed by atoms with Gasteiger partial charge in [-0.3, -0.25) is 0 Å². The maximum atomic E-state index is 5.07. The van der Waals surface area contributed by atoms with Crippen molar-refractivity contribution in [2.24, 2.45) is 5.41 Å². The fourth-order valence-corrected chi connectivity index (χ4v) is 1.16. The van der Waals surface area contributed by atoms with E-state index in [1.54, 1.807) is 21.3 Å². The van der Waals surface area contributed by atoms with Crippen molar-refractivity contribution in [3.8, 4) is 0 Å². The second-order valence-corrected chi connectivity index (χ2v) is 2.87. The van der Waals surface area contributed by atoms with Crippen LogP contribution in [-0.2, 0) is 14.2 Å². The van der Waals surface area contributed by atoms with Gasteiger partial charge >= 0.3 is 0 Å². The Labute approximate surface area is 74.3 Å². The van der Waals surface area contributed by atoms with Gasteiger partial charge in [0, 0.05) is 21.3 Å². The van der Waals surface area contributed by atoms with E-state index in [2.05, 4.69) is 6.58 Å². The minimum atomic E-state index is -0.210. The third-order valence-electron chi connectivity index (χ3n) is 1.73. The Bertz CT molecular complexity index is 106. The van der Waals surface area contributed by atoms with Gasteiger partial charge in [-0.05, 0) is 0 Å². The molecule has 0 atom stereocenters. The van der Waals surface area contributed by atoms with Crippen LogP contribution in [0.15, 0.2) is 12.7 Å². The van der Waals surface area contributed by atoms with Gasteiger partial charge in [-0.25, -0.2) is 0 Å². The molecule has 0 aromatic rings. The fraction of sp³-hybridized carbons (Fsp3) is 0.778. The van der Waals surface area contributed by atoms with Gasteiger partial charge in [0.1, 0.15) is 0 Å². The predicted octanol–water partition coefficient (Wildman–Crippen LogP) is 1.10. The first-order valence-electron chi connectivity index (χ1n) is 3.85. The van der Waals surface area contributed by atoms with E-state index in [9.17, 15) is 0 Å². The average Bonchev–Trinajstić information content (AvgIpc) is 2.06. The lowest BCUT2D eigenvalue weighted by atomic mass is 9.91. The van der Waals surface area contributed by atoms with Crippen LogP contribution in [0.1, 0.15) is 0 Å². The molecule has 0 heterocycles. The Balaban J connectivity index is 4.16. The summed E-state index contributed by atoms with van der Waals surface area (Å²) in [6.45, 7) is 5.45. The third kappa shape index (κ3) is 3.34. The standard InChI is InChI=1S/C9H18O3/c1-5-9(6-10-2,7-11-3)8-12-4/h5H,1,6-8H2,2-4H3. The van der Waals surface area contributed by atoms with E-state index in [0.717, 1.165) is 0 Å². The lowest BCUT2D eigenvalue weighted by Gasteiger charge is -2.27. The van der Waals surface area contributed by atoms with Gasteiger partial charge in [-0.15, -0.1) is 6.58 Å². The molecule has 0 fully saturated rings. The summed E-state index contributed by atoms with van der Waals surface area (Å²) in [5.41, 5.74) is -0.210. The van der Waals surface area contributed by atoms with Crippen molar-refractivity contribution in [1.29, 1.82) is 0 Å². The topological polar surface area (TPSA) is 27.7 Å². The highest BCUT2D eigenvalue weighted by atomic mass is 16.5. The molecule has 0 spiro atoms. The molecule has 0 aromatic carbocycles. The van der Waals surface area contributed by atoms with E-state index in [-0.39, 0.29) is 5.41 Å². The zero-order valence-corrected chi connectivity index (χ0v) is 8.13. The molecule has 0 N–H and O–H groups in total. The lowest BCUT2D eigenvalue weighted by molar-refractivity contribution is -0.00860. The van der Waals surface area contributed by atoms with Crippen molar-refractivity contribution in [2.75, 3.05) is 41.2 Å². The fourth-order valence-electron chi connectivity index (χ4n) is 1.16. The maximum absolute atomic E-state index is 5.07. The second-order valence-electron chi connectivity index (χ2n) is 2.87. The predicted molar refractivity (Wildman–Crippen MR) is 48.3 cm³/mol. The highest BCUT2D eigenvalue weighted by Gasteiger charge is 2.26. The van der Waals surface area contributed by atoms with Crippen LogP contribution in [0.3, 0.4) is 0 Å². The SMILES string of the molecule is C=CC(COC)(COC)COC. The van der Waals surface area contributed by atoms with E-state index in [1.807, 2.05) is 6.08 Å². The number of methoxy groups -OCH3 is 3. The van der Waals surface area contributed by atoms with Crippen molar-refractivity contribution in [2.45, 2.75) is 0 Å². The van der Waals surface area contributed by atoms with Crippen molar-refractivity contribution < 1.29 is 14.2 Å². The molecule has 12 heavy (non-hydrogen) atoms. The molecule has 0 radical (unpaired) electrons. The van der Waals surface area contributed by atoms with Crippen molar-refractivity contribution >= 4 is 0 Å². The molecule has 0 aromatic heterocycles. The number of hydrogen-bond donors (Lipinski definition) is 0.